The number of hydrogen-bond donors (Lipinski definition) is 4. The van der Waals surface area contributed by atoms with E-state index in [4.69, 9.17) is 10.5 Å². The molecule has 0 radical (unpaired) electrons. The predicted molar refractivity (Wildman–Crippen MR) is 144 cm³/mol. The minimum absolute atomic E-state index is 0. The highest BCUT2D eigenvalue weighted by Gasteiger charge is 2.51. The number of ether oxygens (including phenoxy) is 1. The Balaban J connectivity index is 0.00000380. The van der Waals surface area contributed by atoms with Crippen LogP contribution < -0.4 is 21.7 Å². The third kappa shape index (κ3) is 8.15. The number of nitrogens with two attached hydrogens (primary N) is 1. The summed E-state index contributed by atoms with van der Waals surface area (Å²) in [4.78, 5) is 38.3. The lowest BCUT2D eigenvalue weighted by atomic mass is 10.0. The topological polar surface area (TPSA) is 126 Å². The summed E-state index contributed by atoms with van der Waals surface area (Å²) in [7, 11) is 0. The normalized spacial score (nSPS) is 16.6. The second-order valence-electron chi connectivity index (χ2n) is 8.65. The lowest BCUT2D eigenvalue weighted by Crippen LogP contribution is -2.50. The van der Waals surface area contributed by atoms with Gasteiger partial charge in [-0.2, -0.15) is 0 Å². The average Bonchev–Trinajstić information content (AvgIpc) is 3.71. The number of hydrogen-bond acceptors (Lipinski definition) is 5. The monoisotopic (exact) mass is 522 g/mol. The molecule has 9 heteroatoms. The standard InChI is InChI=1S/C28H30N4O4.ClH/c29-18-21-11-13-22(14-12-21)31-27(34)24-25(36-24)28(35)32-23(17-20-9-5-2-6-10-20)26(33)30-16-15-19-7-3-1-4-8-19;/h1-14,23-25H,15-18,29H2,(H,30,33)(H,31,34)(H,32,35);1H/t23-,24?,25?;/m0./s1. The Morgan fingerprint density at radius 3 is 2.00 bits per heavy atom. The molecule has 0 bridgehead atoms. The van der Waals surface area contributed by atoms with E-state index < -0.39 is 30.1 Å². The van der Waals surface area contributed by atoms with Gasteiger partial charge in [-0.1, -0.05) is 72.8 Å². The van der Waals surface area contributed by atoms with Crippen LogP contribution in [0.3, 0.4) is 0 Å². The van der Waals surface area contributed by atoms with Crippen LogP contribution in [-0.4, -0.2) is 42.5 Å². The first-order chi connectivity index (χ1) is 17.5. The zero-order valence-corrected chi connectivity index (χ0v) is 21.1. The average molecular weight is 523 g/mol. The van der Waals surface area contributed by atoms with E-state index in [2.05, 4.69) is 16.0 Å². The molecule has 1 fully saturated rings. The van der Waals surface area contributed by atoms with Crippen LogP contribution in [0.5, 0.6) is 0 Å². The molecule has 3 aromatic rings. The second kappa shape index (κ2) is 13.5. The number of halogens is 1. The molecule has 5 N–H and O–H groups in total. The molecule has 194 valence electrons. The van der Waals surface area contributed by atoms with Crippen molar-refractivity contribution in [3.05, 3.63) is 102 Å². The highest BCUT2D eigenvalue weighted by atomic mass is 35.5. The van der Waals surface area contributed by atoms with Gasteiger partial charge in [0.25, 0.3) is 11.8 Å². The summed E-state index contributed by atoms with van der Waals surface area (Å²) in [6, 6.07) is 25.6. The van der Waals surface area contributed by atoms with Crippen LogP contribution in [-0.2, 0) is 38.5 Å². The lowest BCUT2D eigenvalue weighted by Gasteiger charge is -2.18. The van der Waals surface area contributed by atoms with E-state index in [9.17, 15) is 14.4 Å². The molecule has 1 heterocycles. The van der Waals surface area contributed by atoms with Crippen molar-refractivity contribution in [1.29, 1.82) is 0 Å². The van der Waals surface area contributed by atoms with Crippen LogP contribution in [0.1, 0.15) is 16.7 Å². The summed E-state index contributed by atoms with van der Waals surface area (Å²) in [5, 5.41) is 8.41. The maximum absolute atomic E-state index is 13.0. The Labute approximate surface area is 222 Å². The van der Waals surface area contributed by atoms with Crippen molar-refractivity contribution in [2.45, 2.75) is 37.6 Å². The van der Waals surface area contributed by atoms with Crippen LogP contribution in [0, 0.1) is 0 Å². The zero-order valence-electron chi connectivity index (χ0n) is 20.3. The molecule has 1 aliphatic rings. The number of amides is 3. The maximum Gasteiger partial charge on any atom is 0.256 e. The SMILES string of the molecule is Cl.NCc1ccc(NC(=O)C2OC2C(=O)N[C@@H](Cc2ccccc2)C(=O)NCCc2ccccc2)cc1. The van der Waals surface area contributed by atoms with Gasteiger partial charge in [0, 0.05) is 25.2 Å². The Morgan fingerprint density at radius 2 is 1.38 bits per heavy atom. The van der Waals surface area contributed by atoms with Crippen LogP contribution >= 0.6 is 12.4 Å². The maximum atomic E-state index is 13.0. The molecule has 1 aliphatic heterocycles. The molecular formula is C28H31ClN4O4. The van der Waals surface area contributed by atoms with E-state index in [1.54, 1.807) is 12.1 Å². The number of anilines is 1. The van der Waals surface area contributed by atoms with E-state index in [1.165, 1.54) is 0 Å². The van der Waals surface area contributed by atoms with E-state index >= 15 is 0 Å². The quantitative estimate of drug-likeness (QED) is 0.288. The van der Waals surface area contributed by atoms with Crippen LogP contribution in [0.25, 0.3) is 0 Å². The van der Waals surface area contributed by atoms with Crippen LogP contribution in [0.2, 0.25) is 0 Å². The van der Waals surface area contributed by atoms with Gasteiger partial charge < -0.3 is 26.4 Å². The minimum atomic E-state index is -0.941. The van der Waals surface area contributed by atoms with Crippen molar-refractivity contribution in [3.8, 4) is 0 Å². The van der Waals surface area contributed by atoms with Crippen LogP contribution in [0.4, 0.5) is 5.69 Å². The van der Waals surface area contributed by atoms with Gasteiger partial charge in [-0.15, -0.1) is 12.4 Å². The summed E-state index contributed by atoms with van der Waals surface area (Å²) in [5.74, 6) is -1.19. The number of carbonyl (C=O) groups is 3. The molecule has 3 amide bonds. The van der Waals surface area contributed by atoms with Crippen molar-refractivity contribution in [1.82, 2.24) is 10.6 Å². The zero-order chi connectivity index (χ0) is 25.3. The number of nitrogens with one attached hydrogen (secondary N) is 3. The molecule has 1 saturated heterocycles. The molecule has 3 aromatic carbocycles. The Hall–Kier alpha value is -3.72. The summed E-state index contributed by atoms with van der Waals surface area (Å²) in [6.07, 6.45) is -0.846. The fourth-order valence-corrected chi connectivity index (χ4v) is 3.86. The molecule has 0 spiro atoms. The number of carbonyl (C=O) groups excluding carboxylic acids is 3. The van der Waals surface area contributed by atoms with E-state index in [-0.39, 0.29) is 18.3 Å². The Morgan fingerprint density at radius 1 is 0.784 bits per heavy atom. The van der Waals surface area contributed by atoms with Crippen molar-refractivity contribution in [2.75, 3.05) is 11.9 Å². The highest BCUT2D eigenvalue weighted by Crippen LogP contribution is 2.24. The third-order valence-electron chi connectivity index (χ3n) is 5.94. The molecule has 0 aliphatic carbocycles. The van der Waals surface area contributed by atoms with Gasteiger partial charge in [0.1, 0.15) is 6.04 Å². The fraction of sp³-hybridized carbons (Fsp3) is 0.250. The smallest absolute Gasteiger partial charge is 0.256 e. The van der Waals surface area contributed by atoms with E-state index in [1.807, 2.05) is 72.8 Å². The second-order valence-corrected chi connectivity index (χ2v) is 8.65. The molecule has 0 aromatic heterocycles. The molecule has 8 nitrogen and oxygen atoms in total. The predicted octanol–water partition coefficient (Wildman–Crippen LogP) is 2.36. The fourth-order valence-electron chi connectivity index (χ4n) is 3.86. The van der Waals surface area contributed by atoms with Crippen molar-refractivity contribution >= 4 is 35.8 Å². The van der Waals surface area contributed by atoms with Crippen molar-refractivity contribution in [2.24, 2.45) is 5.73 Å². The number of epoxide rings is 1. The molecule has 3 atom stereocenters. The van der Waals surface area contributed by atoms with E-state index in [0.717, 1.165) is 16.7 Å². The van der Waals surface area contributed by atoms with E-state index in [0.29, 0.717) is 31.6 Å². The largest absolute Gasteiger partial charge is 0.354 e. The van der Waals surface area contributed by atoms with Gasteiger partial charge in [0.15, 0.2) is 12.2 Å². The first-order valence-corrected chi connectivity index (χ1v) is 11.9. The number of benzene rings is 3. The molecular weight excluding hydrogens is 492 g/mol. The molecule has 2 unspecified atom stereocenters. The van der Waals surface area contributed by atoms with Gasteiger partial charge in [0.2, 0.25) is 5.91 Å². The summed E-state index contributed by atoms with van der Waals surface area (Å²) < 4.78 is 5.35. The minimum Gasteiger partial charge on any atom is -0.354 e. The van der Waals surface area contributed by atoms with Crippen molar-refractivity contribution in [3.63, 3.8) is 0 Å². The first kappa shape index (κ1) is 27.9. The Kier molecular flexibility index (Phi) is 10.2. The number of rotatable bonds is 11. The highest BCUT2D eigenvalue weighted by molar-refractivity contribution is 6.02. The summed E-state index contributed by atoms with van der Waals surface area (Å²) >= 11 is 0. The van der Waals surface area contributed by atoms with Crippen LogP contribution in [0.15, 0.2) is 84.9 Å². The van der Waals surface area contributed by atoms with Gasteiger partial charge in [-0.25, -0.2) is 0 Å². The summed E-state index contributed by atoms with van der Waals surface area (Å²) in [5.41, 5.74) is 9.15. The van der Waals surface area contributed by atoms with Gasteiger partial charge in [-0.05, 0) is 35.2 Å². The molecule has 37 heavy (non-hydrogen) atoms. The van der Waals surface area contributed by atoms with Gasteiger partial charge in [0.05, 0.1) is 0 Å². The Bertz CT molecular complexity index is 1180. The van der Waals surface area contributed by atoms with Gasteiger partial charge in [-0.3, -0.25) is 14.4 Å². The van der Waals surface area contributed by atoms with Gasteiger partial charge >= 0.3 is 0 Å². The van der Waals surface area contributed by atoms with Crippen molar-refractivity contribution < 1.29 is 19.1 Å². The third-order valence-corrected chi connectivity index (χ3v) is 5.94. The molecule has 4 rings (SSSR count). The first-order valence-electron chi connectivity index (χ1n) is 11.9. The lowest BCUT2D eigenvalue weighted by molar-refractivity contribution is -0.129. The molecule has 0 saturated carbocycles. The summed E-state index contributed by atoms with van der Waals surface area (Å²) in [6.45, 7) is 0.851.